The van der Waals surface area contributed by atoms with E-state index in [1.54, 1.807) is 24.4 Å². The number of hydrogen-bond acceptors (Lipinski definition) is 9. The zero-order valence-electron chi connectivity index (χ0n) is 20.5. The minimum absolute atomic E-state index is 0.193. The third-order valence-corrected chi connectivity index (χ3v) is 7.29. The minimum atomic E-state index is -1.75. The number of benzene rings is 3. The third-order valence-electron chi connectivity index (χ3n) is 6.92. The predicted molar refractivity (Wildman–Crippen MR) is 138 cm³/mol. The van der Waals surface area contributed by atoms with Crippen molar-refractivity contribution in [2.24, 2.45) is 5.16 Å². The molecule has 5 atom stereocenters. The van der Waals surface area contributed by atoms with Crippen LogP contribution < -0.4 is 4.74 Å². The lowest BCUT2D eigenvalue weighted by Crippen LogP contribution is -2.65. The van der Waals surface area contributed by atoms with Gasteiger partial charge in [-0.15, -0.1) is 0 Å². The normalized spacial score (nSPS) is 28.5. The van der Waals surface area contributed by atoms with Gasteiger partial charge in [-0.05, 0) is 71.6 Å². The topological polar surface area (TPSA) is 130 Å². The van der Waals surface area contributed by atoms with Crippen molar-refractivity contribution in [3.63, 3.8) is 0 Å². The van der Waals surface area contributed by atoms with Crippen LogP contribution in [0.15, 0.2) is 71.9 Å². The van der Waals surface area contributed by atoms with Gasteiger partial charge < -0.3 is 39.5 Å². The van der Waals surface area contributed by atoms with Gasteiger partial charge in [0.25, 0.3) is 0 Å². The first kappa shape index (κ1) is 26.6. The monoisotopic (exact) mass is 541 g/mol. The highest BCUT2D eigenvalue weighted by molar-refractivity contribution is 6.31. The molecule has 0 amide bonds. The number of hydrogen-bond donors (Lipinski definition) is 4. The van der Waals surface area contributed by atoms with E-state index in [4.69, 9.17) is 25.8 Å². The van der Waals surface area contributed by atoms with Gasteiger partial charge in [0.1, 0.15) is 42.5 Å². The van der Waals surface area contributed by atoms with Gasteiger partial charge in [0.05, 0.1) is 19.4 Å². The van der Waals surface area contributed by atoms with Crippen LogP contribution in [0.25, 0.3) is 0 Å². The molecule has 0 spiro atoms. The fourth-order valence-corrected chi connectivity index (χ4v) is 4.95. The second-order valence-electron chi connectivity index (χ2n) is 9.38. The Hall–Kier alpha value is -3.02. The number of nitrogens with zero attached hydrogens (tertiary/aromatic N) is 1. The van der Waals surface area contributed by atoms with E-state index in [0.717, 1.165) is 16.7 Å². The van der Waals surface area contributed by atoms with Crippen molar-refractivity contribution < 1.29 is 39.5 Å². The van der Waals surface area contributed by atoms with Crippen molar-refractivity contribution in [2.45, 2.75) is 36.1 Å². The maximum Gasteiger partial charge on any atom is 0.225 e. The summed E-state index contributed by atoms with van der Waals surface area (Å²) in [6.45, 7) is -0.775. The van der Waals surface area contributed by atoms with E-state index in [1.807, 2.05) is 48.5 Å². The summed E-state index contributed by atoms with van der Waals surface area (Å²) < 4.78 is 17.7. The molecule has 4 N–H and O–H groups in total. The Morgan fingerprint density at radius 2 is 1.68 bits per heavy atom. The van der Waals surface area contributed by atoms with E-state index in [1.165, 1.54) is 7.11 Å². The van der Waals surface area contributed by atoms with Crippen LogP contribution in [0.5, 0.6) is 11.5 Å². The van der Waals surface area contributed by atoms with Crippen molar-refractivity contribution in [1.29, 1.82) is 0 Å². The van der Waals surface area contributed by atoms with Crippen molar-refractivity contribution in [1.82, 2.24) is 0 Å². The average Bonchev–Trinajstić information content (AvgIpc) is 3.33. The van der Waals surface area contributed by atoms with E-state index in [0.29, 0.717) is 28.5 Å². The van der Waals surface area contributed by atoms with Crippen molar-refractivity contribution >= 4 is 17.8 Å². The molecule has 0 unspecified atom stereocenters. The second kappa shape index (κ2) is 10.6. The maximum absolute atomic E-state index is 10.8. The lowest BCUT2D eigenvalue weighted by Gasteiger charge is -2.46. The molecule has 38 heavy (non-hydrogen) atoms. The maximum atomic E-state index is 10.8. The van der Waals surface area contributed by atoms with Crippen LogP contribution in [0.1, 0.15) is 22.3 Å². The van der Waals surface area contributed by atoms with E-state index < -0.39 is 36.3 Å². The Bertz CT molecular complexity index is 1300. The molecule has 2 aliphatic rings. The van der Waals surface area contributed by atoms with Crippen molar-refractivity contribution in [3.05, 3.63) is 94.0 Å². The van der Waals surface area contributed by atoms with Crippen LogP contribution in [-0.4, -0.2) is 70.9 Å². The molecule has 2 heterocycles. The molecule has 2 aliphatic heterocycles. The van der Waals surface area contributed by atoms with E-state index in [9.17, 15) is 20.4 Å². The number of aliphatic hydroxyl groups is 4. The number of rotatable bonds is 8. The summed E-state index contributed by atoms with van der Waals surface area (Å²) in [6, 6.07) is 20.0. The molecule has 5 rings (SSSR count). The van der Waals surface area contributed by atoms with Crippen LogP contribution in [0.3, 0.4) is 0 Å². The van der Waals surface area contributed by atoms with Crippen molar-refractivity contribution in [3.8, 4) is 11.5 Å². The first-order valence-corrected chi connectivity index (χ1v) is 12.4. The molecule has 3 aromatic carbocycles. The highest BCUT2D eigenvalue weighted by atomic mass is 35.5. The van der Waals surface area contributed by atoms with Gasteiger partial charge in [0.2, 0.25) is 5.79 Å². The summed E-state index contributed by atoms with van der Waals surface area (Å²) in [5.74, 6) is -0.406. The SMILES string of the molecule is CO/N=C\c1ccc(Oc2ccc(Cc3cc([C@@]45OC[C@](CO)(O4)[C@H](O)[C@H](O)[C@H]5O)ccc3Cl)cc2)cc1. The van der Waals surface area contributed by atoms with Gasteiger partial charge in [0.15, 0.2) is 0 Å². The van der Waals surface area contributed by atoms with Gasteiger partial charge in [-0.25, -0.2) is 0 Å². The number of halogens is 1. The Labute approximate surface area is 224 Å². The number of fused-ring (bicyclic) bond motifs is 2. The zero-order valence-corrected chi connectivity index (χ0v) is 21.3. The first-order chi connectivity index (χ1) is 18.3. The lowest BCUT2D eigenvalue weighted by molar-refractivity contribution is -0.329. The van der Waals surface area contributed by atoms with Crippen LogP contribution in [0.4, 0.5) is 0 Å². The molecule has 200 valence electrons. The van der Waals surface area contributed by atoms with Crippen LogP contribution in [-0.2, 0) is 26.5 Å². The molecule has 2 fully saturated rings. The molecule has 2 saturated heterocycles. The largest absolute Gasteiger partial charge is 0.457 e. The molecule has 2 bridgehead atoms. The summed E-state index contributed by atoms with van der Waals surface area (Å²) >= 11 is 6.49. The Balaban J connectivity index is 1.33. The van der Waals surface area contributed by atoms with E-state index in [2.05, 4.69) is 9.99 Å². The Morgan fingerprint density at radius 1 is 1.00 bits per heavy atom. The van der Waals surface area contributed by atoms with Gasteiger partial charge in [-0.3, -0.25) is 0 Å². The predicted octanol–water partition coefficient (Wildman–Crippen LogP) is 2.73. The number of ether oxygens (including phenoxy) is 3. The molecule has 0 radical (unpaired) electrons. The summed E-state index contributed by atoms with van der Waals surface area (Å²) in [5.41, 5.74) is 1.46. The van der Waals surface area contributed by atoms with Crippen LogP contribution >= 0.6 is 11.6 Å². The molecular formula is C28H28ClNO8. The fourth-order valence-electron chi connectivity index (χ4n) is 4.77. The second-order valence-corrected chi connectivity index (χ2v) is 9.78. The minimum Gasteiger partial charge on any atom is -0.457 e. The molecule has 0 aromatic heterocycles. The summed E-state index contributed by atoms with van der Waals surface area (Å²) in [7, 11) is 1.49. The van der Waals surface area contributed by atoms with E-state index in [-0.39, 0.29) is 6.61 Å². The summed E-state index contributed by atoms with van der Waals surface area (Å²) in [5, 5.41) is 45.7. The van der Waals surface area contributed by atoms with E-state index >= 15 is 0 Å². The number of aliphatic hydroxyl groups excluding tert-OH is 4. The molecule has 10 heteroatoms. The van der Waals surface area contributed by atoms with Gasteiger partial charge in [0, 0.05) is 10.6 Å². The van der Waals surface area contributed by atoms with Crippen LogP contribution in [0.2, 0.25) is 5.02 Å². The average molecular weight is 542 g/mol. The van der Waals surface area contributed by atoms with Gasteiger partial charge in [-0.2, -0.15) is 0 Å². The Morgan fingerprint density at radius 3 is 2.34 bits per heavy atom. The smallest absolute Gasteiger partial charge is 0.225 e. The van der Waals surface area contributed by atoms with Gasteiger partial charge in [-0.1, -0.05) is 35.0 Å². The Kier molecular flexibility index (Phi) is 7.43. The molecule has 3 aromatic rings. The highest BCUT2D eigenvalue weighted by Gasteiger charge is 2.67. The standard InChI is InChI=1S/C28H28ClNO8/c1-35-30-14-18-4-9-22(10-5-18)37-21-7-2-17(3-8-21)12-19-13-20(6-11-23(19)29)28-26(34)24(32)25(33)27(15-31,38-28)16-36-28/h2-11,13-14,24-26,31-34H,12,15-16H2,1H3/b30-14-/t24-,25+,26+,27-,28+/m0/s1. The third kappa shape index (κ3) is 4.78. The molecule has 0 aliphatic carbocycles. The fraction of sp³-hybridized carbons (Fsp3) is 0.321. The van der Waals surface area contributed by atoms with Gasteiger partial charge >= 0.3 is 0 Å². The summed E-state index contributed by atoms with van der Waals surface area (Å²) in [6.07, 6.45) is -2.59. The zero-order chi connectivity index (χ0) is 26.9. The quantitative estimate of drug-likeness (QED) is 0.253. The highest BCUT2D eigenvalue weighted by Crippen LogP contribution is 2.49. The molecular weight excluding hydrogens is 514 g/mol. The summed E-state index contributed by atoms with van der Waals surface area (Å²) in [4.78, 5) is 4.68. The number of oxime groups is 1. The first-order valence-electron chi connectivity index (χ1n) is 12.0. The molecule has 0 saturated carbocycles. The lowest BCUT2D eigenvalue weighted by atomic mass is 9.83. The molecule has 9 nitrogen and oxygen atoms in total. The van der Waals surface area contributed by atoms with Crippen molar-refractivity contribution in [2.75, 3.05) is 20.3 Å². The van der Waals surface area contributed by atoms with Crippen LogP contribution in [0, 0.1) is 0 Å².